The summed E-state index contributed by atoms with van der Waals surface area (Å²) in [6, 6.07) is 9.44. The fourth-order valence-corrected chi connectivity index (χ4v) is 4.03. The first-order valence-corrected chi connectivity index (χ1v) is 10.5. The lowest BCUT2D eigenvalue weighted by atomic mass is 9.91. The number of aromatic nitrogens is 1. The smallest absolute Gasteiger partial charge is 0.250 e. The second kappa shape index (κ2) is 8.97. The zero-order chi connectivity index (χ0) is 23.7. The van der Waals surface area contributed by atoms with E-state index in [4.69, 9.17) is 9.73 Å². The normalized spacial score (nSPS) is 14.6. The van der Waals surface area contributed by atoms with E-state index >= 15 is 4.39 Å². The van der Waals surface area contributed by atoms with Crippen LogP contribution in [0.15, 0.2) is 58.4 Å². The van der Waals surface area contributed by atoms with E-state index in [2.05, 4.69) is 5.32 Å². The van der Waals surface area contributed by atoms with Crippen molar-refractivity contribution in [3.8, 4) is 16.9 Å². The van der Waals surface area contributed by atoms with E-state index in [1.165, 1.54) is 48.1 Å². The van der Waals surface area contributed by atoms with Gasteiger partial charge in [-0.3, -0.25) is 14.6 Å². The van der Waals surface area contributed by atoms with Gasteiger partial charge in [0.05, 0.1) is 25.3 Å². The van der Waals surface area contributed by atoms with Crippen LogP contribution >= 0.6 is 0 Å². The quantitative estimate of drug-likeness (QED) is 0.642. The molecule has 1 aromatic heterocycles. The lowest BCUT2D eigenvalue weighted by Gasteiger charge is -2.16. The molecule has 8 heteroatoms. The molecule has 6 nitrogen and oxygen atoms in total. The second-order valence-electron chi connectivity index (χ2n) is 7.75. The van der Waals surface area contributed by atoms with Gasteiger partial charge in [0, 0.05) is 42.5 Å². The van der Waals surface area contributed by atoms with Gasteiger partial charge in [-0.15, -0.1) is 0 Å². The van der Waals surface area contributed by atoms with Crippen molar-refractivity contribution >= 4 is 11.6 Å². The Morgan fingerprint density at radius 1 is 1.15 bits per heavy atom. The van der Waals surface area contributed by atoms with Gasteiger partial charge in [-0.05, 0) is 54.4 Å². The van der Waals surface area contributed by atoms with Crippen molar-refractivity contribution in [2.75, 3.05) is 13.7 Å². The molecule has 170 valence electrons. The molecule has 4 rings (SSSR count). The van der Waals surface area contributed by atoms with E-state index in [0.29, 0.717) is 28.8 Å². The predicted octanol–water partition coefficient (Wildman–Crippen LogP) is 3.76. The molecule has 0 spiro atoms. The molecule has 1 aliphatic rings. The summed E-state index contributed by atoms with van der Waals surface area (Å²) in [5.41, 5.74) is 2.23. The lowest BCUT2D eigenvalue weighted by Crippen LogP contribution is -2.25. The van der Waals surface area contributed by atoms with E-state index in [1.54, 1.807) is 26.2 Å². The minimum absolute atomic E-state index is 0.0251. The van der Waals surface area contributed by atoms with E-state index in [1.807, 2.05) is 0 Å². The molecule has 0 saturated heterocycles. The summed E-state index contributed by atoms with van der Waals surface area (Å²) in [6.07, 6.45) is 1.59. The van der Waals surface area contributed by atoms with Crippen LogP contribution in [0.3, 0.4) is 0 Å². The average molecular weight is 451 g/mol. The van der Waals surface area contributed by atoms with Gasteiger partial charge in [-0.25, -0.2) is 8.78 Å². The minimum Gasteiger partial charge on any atom is -0.494 e. The molecule has 0 bridgehead atoms. The number of ether oxygens (including phenoxy) is 1. The molecule has 1 amide bonds. The van der Waals surface area contributed by atoms with Gasteiger partial charge in [-0.1, -0.05) is 0 Å². The Hall–Kier alpha value is -3.81. The first kappa shape index (κ1) is 22.4. The number of carbonyl (C=O) groups excluding carboxylic acids is 1. The Morgan fingerprint density at radius 2 is 1.88 bits per heavy atom. The summed E-state index contributed by atoms with van der Waals surface area (Å²) in [5.74, 6) is -1.29. The molecule has 0 saturated carbocycles. The van der Waals surface area contributed by atoms with Crippen molar-refractivity contribution in [1.29, 1.82) is 0 Å². The summed E-state index contributed by atoms with van der Waals surface area (Å²) in [5, 5.41) is 2.75. The number of amides is 1. The van der Waals surface area contributed by atoms with Gasteiger partial charge in [0.2, 0.25) is 5.91 Å². The first-order valence-electron chi connectivity index (χ1n) is 10.5. The van der Waals surface area contributed by atoms with E-state index in [0.717, 1.165) is 0 Å². The molecule has 1 aliphatic heterocycles. The maximum Gasteiger partial charge on any atom is 0.250 e. The number of pyridine rings is 1. The molecule has 1 atom stereocenters. The van der Waals surface area contributed by atoms with Gasteiger partial charge in [0.1, 0.15) is 5.82 Å². The summed E-state index contributed by atoms with van der Waals surface area (Å²) in [4.78, 5) is 29.8. The molecular formula is C25H23F2N3O3. The molecule has 0 radical (unpaired) electrons. The molecule has 0 fully saturated rings. The van der Waals surface area contributed by atoms with Crippen LogP contribution < -0.4 is 15.6 Å². The van der Waals surface area contributed by atoms with E-state index in [9.17, 15) is 14.0 Å². The molecule has 0 aliphatic carbocycles. The van der Waals surface area contributed by atoms with Crippen LogP contribution in [-0.2, 0) is 11.8 Å². The minimum atomic E-state index is -0.752. The predicted molar refractivity (Wildman–Crippen MR) is 122 cm³/mol. The first-order chi connectivity index (χ1) is 15.8. The number of nitrogens with one attached hydrogen (secondary N) is 1. The van der Waals surface area contributed by atoms with Crippen LogP contribution in [0.25, 0.3) is 11.1 Å². The number of benzene rings is 2. The standard InChI is InChI=1S/C25H23F2N3O3/c1-4-28-21(31)12-19-17-11-22(32)30(2)13-18(17)16-9-10-20(33-3)24(27)23(16)25(29-19)14-5-7-15(26)8-6-14/h5-11,13,19H,4,12H2,1-3H3,(H,28,31)/t19-/m0/s1. The third kappa shape index (κ3) is 4.16. The molecule has 33 heavy (non-hydrogen) atoms. The molecule has 2 aromatic carbocycles. The topological polar surface area (TPSA) is 72.7 Å². The summed E-state index contributed by atoms with van der Waals surface area (Å²) >= 11 is 0. The fraction of sp³-hybridized carbons (Fsp3) is 0.240. The number of hydrogen-bond donors (Lipinski definition) is 1. The van der Waals surface area contributed by atoms with Crippen LogP contribution in [0.1, 0.15) is 36.1 Å². The molecule has 2 heterocycles. The van der Waals surface area contributed by atoms with Crippen molar-refractivity contribution in [2.45, 2.75) is 19.4 Å². The van der Waals surface area contributed by atoms with Crippen molar-refractivity contribution in [3.05, 3.63) is 87.3 Å². The summed E-state index contributed by atoms with van der Waals surface area (Å²) < 4.78 is 35.9. The number of fused-ring (bicyclic) bond motifs is 3. The van der Waals surface area contributed by atoms with Crippen molar-refractivity contribution in [2.24, 2.45) is 12.0 Å². The zero-order valence-corrected chi connectivity index (χ0v) is 18.5. The van der Waals surface area contributed by atoms with Crippen LogP contribution in [0, 0.1) is 11.6 Å². The largest absolute Gasteiger partial charge is 0.494 e. The summed E-state index contributed by atoms with van der Waals surface area (Å²) in [6.45, 7) is 2.24. The highest BCUT2D eigenvalue weighted by Gasteiger charge is 2.30. The van der Waals surface area contributed by atoms with Gasteiger partial charge < -0.3 is 14.6 Å². The van der Waals surface area contributed by atoms with Crippen molar-refractivity contribution in [3.63, 3.8) is 0 Å². The molecule has 0 unspecified atom stereocenters. The third-order valence-electron chi connectivity index (χ3n) is 5.63. The van der Waals surface area contributed by atoms with E-state index < -0.39 is 17.7 Å². The molecule has 1 N–H and O–H groups in total. The maximum absolute atomic E-state index is 15.7. The van der Waals surface area contributed by atoms with E-state index in [-0.39, 0.29) is 34.9 Å². The average Bonchev–Trinajstić information content (AvgIpc) is 2.91. The highest BCUT2D eigenvalue weighted by Crippen LogP contribution is 2.41. The Morgan fingerprint density at radius 3 is 2.55 bits per heavy atom. The lowest BCUT2D eigenvalue weighted by molar-refractivity contribution is -0.121. The molecular weight excluding hydrogens is 428 g/mol. The Labute approximate surface area is 189 Å². The number of aryl methyl sites for hydroxylation is 1. The molecule has 3 aromatic rings. The van der Waals surface area contributed by atoms with Gasteiger partial charge >= 0.3 is 0 Å². The Bertz CT molecular complexity index is 1310. The highest BCUT2D eigenvalue weighted by molar-refractivity contribution is 6.17. The summed E-state index contributed by atoms with van der Waals surface area (Å²) in [7, 11) is 2.97. The monoisotopic (exact) mass is 451 g/mol. The van der Waals surface area contributed by atoms with Crippen LogP contribution in [0.4, 0.5) is 8.78 Å². The third-order valence-corrected chi connectivity index (χ3v) is 5.63. The second-order valence-corrected chi connectivity index (χ2v) is 7.75. The van der Waals surface area contributed by atoms with Gasteiger partial charge in [0.15, 0.2) is 11.6 Å². The van der Waals surface area contributed by atoms with Crippen LogP contribution in [0.5, 0.6) is 5.75 Å². The number of nitrogens with zero attached hydrogens (tertiary/aromatic N) is 2. The van der Waals surface area contributed by atoms with Gasteiger partial charge in [0.25, 0.3) is 5.56 Å². The number of halogens is 2. The maximum atomic E-state index is 15.7. The van der Waals surface area contributed by atoms with Crippen LogP contribution in [-0.4, -0.2) is 29.8 Å². The van der Waals surface area contributed by atoms with Gasteiger partial charge in [-0.2, -0.15) is 0 Å². The number of aliphatic imine (C=N–C) groups is 1. The van der Waals surface area contributed by atoms with Crippen molar-refractivity contribution < 1.29 is 18.3 Å². The zero-order valence-electron chi connectivity index (χ0n) is 18.5. The van der Waals surface area contributed by atoms with Crippen LogP contribution in [0.2, 0.25) is 0 Å². The fourth-order valence-electron chi connectivity index (χ4n) is 4.03. The number of carbonyl (C=O) groups is 1. The van der Waals surface area contributed by atoms with Crippen molar-refractivity contribution in [1.82, 2.24) is 9.88 Å². The number of methoxy groups -OCH3 is 1. The Balaban J connectivity index is 2.07. The SMILES string of the molecule is CCNC(=O)C[C@@H]1N=C(c2ccc(F)cc2)c2c(ccc(OC)c2F)-c2cn(C)c(=O)cc21. The highest BCUT2D eigenvalue weighted by atomic mass is 19.1. The number of rotatable bonds is 5. The Kier molecular flexibility index (Phi) is 6.09. The number of hydrogen-bond acceptors (Lipinski definition) is 4.